The summed E-state index contributed by atoms with van der Waals surface area (Å²) in [6.45, 7) is 15.5. The van der Waals surface area contributed by atoms with E-state index in [2.05, 4.69) is 52.5 Å². The molecule has 0 saturated carbocycles. The van der Waals surface area contributed by atoms with Crippen molar-refractivity contribution in [1.82, 2.24) is 14.9 Å². The second kappa shape index (κ2) is 8.10. The Labute approximate surface area is 162 Å². The molecule has 27 heavy (non-hydrogen) atoms. The summed E-state index contributed by atoms with van der Waals surface area (Å²) in [4.78, 5) is 24.6. The summed E-state index contributed by atoms with van der Waals surface area (Å²) < 4.78 is 5.86. The molecule has 1 aromatic heterocycles. The van der Waals surface area contributed by atoms with Gasteiger partial charge in [0.05, 0.1) is 24.9 Å². The van der Waals surface area contributed by atoms with Crippen LogP contribution in [0.4, 0.5) is 5.82 Å². The highest BCUT2D eigenvalue weighted by Gasteiger charge is 2.28. The average Bonchev–Trinajstić information content (AvgIpc) is 2.52. The van der Waals surface area contributed by atoms with Crippen LogP contribution in [0.5, 0.6) is 0 Å². The predicted molar refractivity (Wildman–Crippen MR) is 107 cm³/mol. The lowest BCUT2D eigenvalue weighted by Gasteiger charge is -2.36. The number of hydrogen-bond donors (Lipinski definition) is 1. The van der Waals surface area contributed by atoms with E-state index in [0.29, 0.717) is 19.7 Å². The fraction of sp³-hybridized carbons (Fsp3) is 0.750. The summed E-state index contributed by atoms with van der Waals surface area (Å²) in [5.41, 5.74) is 0.831. The molecule has 152 valence electrons. The van der Waals surface area contributed by atoms with Crippen molar-refractivity contribution in [2.75, 3.05) is 44.7 Å². The van der Waals surface area contributed by atoms with Crippen LogP contribution in [-0.4, -0.2) is 71.9 Å². The van der Waals surface area contributed by atoms with Crippen LogP contribution >= 0.6 is 0 Å². The zero-order chi connectivity index (χ0) is 20.4. The molecule has 2 rings (SSSR count). The molecule has 1 atom stereocenters. The number of carboxylic acid groups (broad SMARTS) is 1. The highest BCUT2D eigenvalue weighted by atomic mass is 16.5. The Balaban J connectivity index is 2.24. The molecule has 1 saturated heterocycles. The van der Waals surface area contributed by atoms with Crippen molar-refractivity contribution in [1.29, 1.82) is 0 Å². The fourth-order valence-electron chi connectivity index (χ4n) is 3.00. The molecule has 0 radical (unpaired) electrons. The van der Waals surface area contributed by atoms with Gasteiger partial charge in [-0.1, -0.05) is 41.5 Å². The third kappa shape index (κ3) is 6.14. The minimum Gasteiger partial charge on any atom is -0.480 e. The standard InChI is InChI=1S/C20H34N4O3/c1-19(2,3)15-10-16(22-18(21-15)20(4,5)6)24-8-9-27-14(12-24)11-23(7)13-17(25)26/h10,14H,8-9,11-13H2,1-7H3,(H,25,26). The first-order chi connectivity index (χ1) is 12.4. The lowest BCUT2D eigenvalue weighted by molar-refractivity contribution is -0.138. The third-order valence-corrected chi connectivity index (χ3v) is 4.54. The van der Waals surface area contributed by atoms with Crippen molar-refractivity contribution < 1.29 is 14.6 Å². The number of aliphatic carboxylic acids is 1. The largest absolute Gasteiger partial charge is 0.480 e. The minimum atomic E-state index is -0.828. The van der Waals surface area contributed by atoms with Crippen LogP contribution in [-0.2, 0) is 20.4 Å². The Morgan fingerprint density at radius 2 is 1.93 bits per heavy atom. The first-order valence-corrected chi connectivity index (χ1v) is 9.53. The molecule has 0 amide bonds. The van der Waals surface area contributed by atoms with E-state index in [9.17, 15) is 4.79 Å². The molecule has 1 unspecified atom stereocenters. The van der Waals surface area contributed by atoms with Crippen molar-refractivity contribution in [3.63, 3.8) is 0 Å². The van der Waals surface area contributed by atoms with Crippen molar-refractivity contribution in [2.45, 2.75) is 58.5 Å². The highest BCUT2D eigenvalue weighted by molar-refractivity contribution is 5.69. The summed E-state index contributed by atoms with van der Waals surface area (Å²) in [6.07, 6.45) is -0.0470. The molecular formula is C20H34N4O3. The maximum absolute atomic E-state index is 10.9. The van der Waals surface area contributed by atoms with Gasteiger partial charge in [0, 0.05) is 36.5 Å². The van der Waals surface area contributed by atoms with Crippen molar-refractivity contribution >= 4 is 11.8 Å². The zero-order valence-corrected chi connectivity index (χ0v) is 17.7. The van der Waals surface area contributed by atoms with Gasteiger partial charge in [0.1, 0.15) is 11.6 Å². The molecule has 0 bridgehead atoms. The summed E-state index contributed by atoms with van der Waals surface area (Å²) >= 11 is 0. The molecule has 1 aromatic rings. The summed E-state index contributed by atoms with van der Waals surface area (Å²) in [6, 6.07) is 2.08. The molecule has 1 aliphatic rings. The van der Waals surface area contributed by atoms with E-state index in [-0.39, 0.29) is 23.5 Å². The topological polar surface area (TPSA) is 78.8 Å². The second-order valence-corrected chi connectivity index (χ2v) is 9.46. The van der Waals surface area contributed by atoms with E-state index in [0.717, 1.165) is 23.9 Å². The van der Waals surface area contributed by atoms with Crippen molar-refractivity contribution in [2.24, 2.45) is 0 Å². The van der Waals surface area contributed by atoms with Gasteiger partial charge in [-0.2, -0.15) is 0 Å². The van der Waals surface area contributed by atoms with Gasteiger partial charge in [-0.05, 0) is 7.05 Å². The normalized spacial score (nSPS) is 18.8. The number of carboxylic acids is 1. The number of rotatable bonds is 5. The minimum absolute atomic E-state index is 0.00963. The van der Waals surface area contributed by atoms with Gasteiger partial charge < -0.3 is 14.7 Å². The number of anilines is 1. The molecule has 0 aliphatic carbocycles. The van der Waals surface area contributed by atoms with Crippen molar-refractivity contribution in [3.05, 3.63) is 17.6 Å². The lowest BCUT2D eigenvalue weighted by Crippen LogP contribution is -2.48. The average molecular weight is 379 g/mol. The van der Waals surface area contributed by atoms with Gasteiger partial charge in [-0.3, -0.25) is 9.69 Å². The fourth-order valence-corrected chi connectivity index (χ4v) is 3.00. The van der Waals surface area contributed by atoms with Gasteiger partial charge in [0.2, 0.25) is 0 Å². The Hall–Kier alpha value is -1.73. The number of carbonyl (C=O) groups is 1. The van der Waals surface area contributed by atoms with E-state index in [1.807, 2.05) is 0 Å². The van der Waals surface area contributed by atoms with Crippen LogP contribution < -0.4 is 4.90 Å². The number of hydrogen-bond acceptors (Lipinski definition) is 6. The van der Waals surface area contributed by atoms with Gasteiger partial charge in [0.25, 0.3) is 0 Å². The summed E-state index contributed by atoms with van der Waals surface area (Å²) in [5, 5.41) is 8.95. The van der Waals surface area contributed by atoms with E-state index in [4.69, 9.17) is 19.8 Å². The Morgan fingerprint density at radius 3 is 2.48 bits per heavy atom. The first-order valence-electron chi connectivity index (χ1n) is 9.53. The van der Waals surface area contributed by atoms with E-state index in [1.54, 1.807) is 11.9 Å². The molecule has 1 N–H and O–H groups in total. The molecule has 1 fully saturated rings. The van der Waals surface area contributed by atoms with E-state index >= 15 is 0 Å². The smallest absolute Gasteiger partial charge is 0.317 e. The van der Waals surface area contributed by atoms with E-state index < -0.39 is 5.97 Å². The van der Waals surface area contributed by atoms with Gasteiger partial charge in [-0.25, -0.2) is 9.97 Å². The quantitative estimate of drug-likeness (QED) is 0.842. The van der Waals surface area contributed by atoms with Crippen LogP contribution in [0.1, 0.15) is 53.1 Å². The Kier molecular flexibility index (Phi) is 6.47. The molecule has 2 heterocycles. The zero-order valence-electron chi connectivity index (χ0n) is 17.7. The molecule has 0 aromatic carbocycles. The van der Waals surface area contributed by atoms with E-state index in [1.165, 1.54) is 0 Å². The molecule has 1 aliphatic heterocycles. The first kappa shape index (κ1) is 21.6. The monoisotopic (exact) mass is 378 g/mol. The van der Waals surface area contributed by atoms with Crippen LogP contribution in [0.2, 0.25) is 0 Å². The Morgan fingerprint density at radius 1 is 1.26 bits per heavy atom. The molecule has 7 nitrogen and oxygen atoms in total. The number of ether oxygens (including phenoxy) is 1. The molecule has 7 heteroatoms. The predicted octanol–water partition coefficient (Wildman–Crippen LogP) is 2.29. The Bertz CT molecular complexity index is 632. The number of likely N-dealkylation sites (N-methyl/N-ethyl adjacent to an activating group) is 1. The maximum Gasteiger partial charge on any atom is 0.317 e. The van der Waals surface area contributed by atoms with Crippen LogP contribution in [0.25, 0.3) is 0 Å². The number of aromatic nitrogens is 2. The van der Waals surface area contributed by atoms with Crippen LogP contribution in [0.3, 0.4) is 0 Å². The number of nitrogens with zero attached hydrogens (tertiary/aromatic N) is 4. The van der Waals surface area contributed by atoms with Gasteiger partial charge in [-0.15, -0.1) is 0 Å². The maximum atomic E-state index is 10.9. The molecular weight excluding hydrogens is 344 g/mol. The van der Waals surface area contributed by atoms with Gasteiger partial charge in [0.15, 0.2) is 0 Å². The summed E-state index contributed by atoms with van der Waals surface area (Å²) in [5.74, 6) is 0.940. The third-order valence-electron chi connectivity index (χ3n) is 4.54. The SMILES string of the molecule is CN(CC(=O)O)CC1CN(c2cc(C(C)(C)C)nc(C(C)(C)C)n2)CCO1. The highest BCUT2D eigenvalue weighted by Crippen LogP contribution is 2.28. The van der Waals surface area contributed by atoms with Gasteiger partial charge >= 0.3 is 5.97 Å². The van der Waals surface area contributed by atoms with Crippen LogP contribution in [0.15, 0.2) is 6.07 Å². The van der Waals surface area contributed by atoms with Crippen LogP contribution in [0, 0.1) is 0 Å². The molecule has 0 spiro atoms. The second-order valence-electron chi connectivity index (χ2n) is 9.46. The summed E-state index contributed by atoms with van der Waals surface area (Å²) in [7, 11) is 1.80. The number of morpholine rings is 1. The lowest BCUT2D eigenvalue weighted by atomic mass is 9.90. The van der Waals surface area contributed by atoms with Crippen molar-refractivity contribution in [3.8, 4) is 0 Å².